The van der Waals surface area contributed by atoms with Crippen LogP contribution in [0.3, 0.4) is 0 Å². The van der Waals surface area contributed by atoms with Crippen molar-refractivity contribution in [2.24, 2.45) is 0 Å². The van der Waals surface area contributed by atoms with Crippen LogP contribution in [0.15, 0.2) is 48.5 Å². The van der Waals surface area contributed by atoms with Crippen molar-refractivity contribution in [3.8, 4) is 5.75 Å². The maximum atomic E-state index is 6.00. The van der Waals surface area contributed by atoms with Crippen molar-refractivity contribution in [2.75, 3.05) is 13.2 Å². The summed E-state index contributed by atoms with van der Waals surface area (Å²) < 4.78 is 5.51. The monoisotopic (exact) mass is 315 g/mol. The van der Waals surface area contributed by atoms with Crippen molar-refractivity contribution in [1.29, 1.82) is 0 Å². The Morgan fingerprint density at radius 1 is 1.09 bits per heavy atom. The Balaban J connectivity index is 1.69. The van der Waals surface area contributed by atoms with Crippen molar-refractivity contribution in [3.05, 3.63) is 64.7 Å². The van der Waals surface area contributed by atoms with Gasteiger partial charge in [0.1, 0.15) is 5.75 Å². The Bertz CT molecular complexity index is 594. The quantitative estimate of drug-likeness (QED) is 0.763. The molecule has 2 aromatic rings. The first-order valence-corrected chi connectivity index (χ1v) is 8.35. The number of halogens is 1. The summed E-state index contributed by atoms with van der Waals surface area (Å²) in [6, 6.07) is 17.3. The summed E-state index contributed by atoms with van der Waals surface area (Å²) in [5, 5.41) is 0.805. The second-order valence-electron chi connectivity index (χ2n) is 5.76. The van der Waals surface area contributed by atoms with E-state index in [2.05, 4.69) is 41.3 Å². The lowest BCUT2D eigenvalue weighted by Gasteiger charge is -2.25. The van der Waals surface area contributed by atoms with E-state index in [1.165, 1.54) is 24.0 Å². The van der Waals surface area contributed by atoms with Crippen LogP contribution in [0, 0.1) is 0 Å². The topological polar surface area (TPSA) is 12.5 Å². The highest BCUT2D eigenvalue weighted by Crippen LogP contribution is 2.33. The van der Waals surface area contributed by atoms with Gasteiger partial charge in [0.05, 0.1) is 6.61 Å². The van der Waals surface area contributed by atoms with Gasteiger partial charge in [-0.1, -0.05) is 35.9 Å². The fraction of sp³-hybridized carbons (Fsp3) is 0.368. The van der Waals surface area contributed by atoms with Crippen molar-refractivity contribution in [2.45, 2.75) is 32.4 Å². The minimum Gasteiger partial charge on any atom is -0.494 e. The molecule has 1 aliphatic heterocycles. The number of hydrogen-bond acceptors (Lipinski definition) is 2. The van der Waals surface area contributed by atoms with Gasteiger partial charge in [0, 0.05) is 17.6 Å². The Labute approximate surface area is 137 Å². The van der Waals surface area contributed by atoms with Gasteiger partial charge in [-0.2, -0.15) is 0 Å². The molecule has 1 fully saturated rings. The van der Waals surface area contributed by atoms with Crippen molar-refractivity contribution >= 4 is 11.6 Å². The van der Waals surface area contributed by atoms with Gasteiger partial charge < -0.3 is 4.74 Å². The SMILES string of the molecule is CCOc1ccc(CN2CCCC2c2ccc(Cl)cc2)cc1. The molecule has 2 nitrogen and oxygen atoms in total. The van der Waals surface area contributed by atoms with Gasteiger partial charge in [-0.3, -0.25) is 4.90 Å². The lowest BCUT2D eigenvalue weighted by molar-refractivity contribution is 0.248. The van der Waals surface area contributed by atoms with E-state index in [0.717, 1.165) is 23.9 Å². The van der Waals surface area contributed by atoms with Crippen LogP contribution in [-0.4, -0.2) is 18.1 Å². The highest BCUT2D eigenvalue weighted by Gasteiger charge is 2.25. The zero-order valence-electron chi connectivity index (χ0n) is 13.0. The second kappa shape index (κ2) is 7.17. The highest BCUT2D eigenvalue weighted by molar-refractivity contribution is 6.30. The minimum atomic E-state index is 0.504. The fourth-order valence-corrected chi connectivity index (χ4v) is 3.30. The number of likely N-dealkylation sites (tertiary alicyclic amines) is 1. The summed E-state index contributed by atoms with van der Waals surface area (Å²) in [4.78, 5) is 2.55. The highest BCUT2D eigenvalue weighted by atomic mass is 35.5. The molecule has 0 saturated carbocycles. The normalized spacial score (nSPS) is 18.5. The van der Waals surface area contributed by atoms with Crippen LogP contribution in [0.2, 0.25) is 5.02 Å². The first-order valence-electron chi connectivity index (χ1n) is 7.97. The van der Waals surface area contributed by atoms with Crippen LogP contribution in [0.5, 0.6) is 5.75 Å². The van der Waals surface area contributed by atoms with Crippen LogP contribution in [0.1, 0.15) is 36.9 Å². The van der Waals surface area contributed by atoms with Gasteiger partial charge in [0.15, 0.2) is 0 Å². The first kappa shape index (κ1) is 15.4. The van der Waals surface area contributed by atoms with Gasteiger partial charge >= 0.3 is 0 Å². The molecule has 0 spiro atoms. The zero-order valence-corrected chi connectivity index (χ0v) is 13.7. The average Bonchev–Trinajstić information content (AvgIpc) is 2.98. The third-order valence-corrected chi connectivity index (χ3v) is 4.49. The van der Waals surface area contributed by atoms with E-state index in [9.17, 15) is 0 Å². The molecule has 116 valence electrons. The Kier molecular flexibility index (Phi) is 5.01. The van der Waals surface area contributed by atoms with Crippen LogP contribution >= 0.6 is 11.6 Å². The van der Waals surface area contributed by atoms with E-state index in [4.69, 9.17) is 16.3 Å². The Morgan fingerprint density at radius 3 is 2.50 bits per heavy atom. The van der Waals surface area contributed by atoms with E-state index < -0.39 is 0 Å². The summed E-state index contributed by atoms with van der Waals surface area (Å²) in [5.74, 6) is 0.946. The third-order valence-electron chi connectivity index (χ3n) is 4.24. The lowest BCUT2D eigenvalue weighted by atomic mass is 10.0. The molecule has 3 heteroatoms. The third kappa shape index (κ3) is 3.63. The van der Waals surface area contributed by atoms with E-state index in [1.807, 2.05) is 19.1 Å². The molecule has 0 aromatic heterocycles. The summed E-state index contributed by atoms with van der Waals surface area (Å²) in [5.41, 5.74) is 2.71. The minimum absolute atomic E-state index is 0.504. The lowest BCUT2D eigenvalue weighted by Crippen LogP contribution is -2.22. The fourth-order valence-electron chi connectivity index (χ4n) is 3.17. The van der Waals surface area contributed by atoms with E-state index in [0.29, 0.717) is 12.6 Å². The predicted molar refractivity (Wildman–Crippen MR) is 91.4 cm³/mol. The smallest absolute Gasteiger partial charge is 0.119 e. The van der Waals surface area contributed by atoms with Crippen molar-refractivity contribution in [1.82, 2.24) is 4.90 Å². The summed E-state index contributed by atoms with van der Waals surface area (Å²) in [6.07, 6.45) is 2.48. The average molecular weight is 316 g/mol. The molecule has 0 N–H and O–H groups in total. The van der Waals surface area contributed by atoms with Crippen molar-refractivity contribution < 1.29 is 4.74 Å². The van der Waals surface area contributed by atoms with Gasteiger partial charge in [-0.05, 0) is 61.7 Å². The number of rotatable bonds is 5. The molecule has 0 radical (unpaired) electrons. The Hall–Kier alpha value is -1.51. The van der Waals surface area contributed by atoms with Gasteiger partial charge in [0.2, 0.25) is 0 Å². The van der Waals surface area contributed by atoms with Crippen LogP contribution in [0.4, 0.5) is 0 Å². The van der Waals surface area contributed by atoms with Gasteiger partial charge in [0.25, 0.3) is 0 Å². The first-order chi connectivity index (χ1) is 10.8. The molecule has 0 aliphatic carbocycles. The van der Waals surface area contributed by atoms with E-state index in [-0.39, 0.29) is 0 Å². The molecule has 0 bridgehead atoms. The number of benzene rings is 2. The number of nitrogens with zero attached hydrogens (tertiary/aromatic N) is 1. The van der Waals surface area contributed by atoms with E-state index in [1.54, 1.807) is 0 Å². The number of hydrogen-bond donors (Lipinski definition) is 0. The molecule has 1 atom stereocenters. The summed E-state index contributed by atoms with van der Waals surface area (Å²) in [7, 11) is 0. The molecule has 1 aliphatic rings. The predicted octanol–water partition coefficient (Wildman–Crippen LogP) is 5.08. The molecule has 1 heterocycles. The summed E-state index contributed by atoms with van der Waals surface area (Å²) >= 11 is 6.00. The van der Waals surface area contributed by atoms with Crippen LogP contribution < -0.4 is 4.74 Å². The molecule has 0 amide bonds. The zero-order chi connectivity index (χ0) is 15.4. The Morgan fingerprint density at radius 2 is 1.82 bits per heavy atom. The number of ether oxygens (including phenoxy) is 1. The molecule has 3 rings (SSSR count). The van der Waals surface area contributed by atoms with Gasteiger partial charge in [-0.15, -0.1) is 0 Å². The maximum absolute atomic E-state index is 6.00. The largest absolute Gasteiger partial charge is 0.494 e. The molecule has 22 heavy (non-hydrogen) atoms. The van der Waals surface area contributed by atoms with Crippen molar-refractivity contribution in [3.63, 3.8) is 0 Å². The van der Waals surface area contributed by atoms with Gasteiger partial charge in [-0.25, -0.2) is 0 Å². The molecular formula is C19H22ClNO. The molecule has 1 saturated heterocycles. The second-order valence-corrected chi connectivity index (χ2v) is 6.19. The summed E-state index contributed by atoms with van der Waals surface area (Å²) in [6.45, 7) is 4.86. The standard InChI is InChI=1S/C19H22ClNO/c1-2-22-18-11-5-15(6-12-18)14-21-13-3-4-19(21)16-7-9-17(20)10-8-16/h5-12,19H,2-4,13-14H2,1H3. The molecular weight excluding hydrogens is 294 g/mol. The van der Waals surface area contributed by atoms with Crippen LogP contribution in [0.25, 0.3) is 0 Å². The van der Waals surface area contributed by atoms with E-state index >= 15 is 0 Å². The molecule has 1 unspecified atom stereocenters. The molecule has 2 aromatic carbocycles. The van der Waals surface area contributed by atoms with Crippen LogP contribution in [-0.2, 0) is 6.54 Å². The maximum Gasteiger partial charge on any atom is 0.119 e.